The van der Waals surface area contributed by atoms with E-state index in [1.807, 2.05) is 4.68 Å². The van der Waals surface area contributed by atoms with Gasteiger partial charge < -0.3 is 10.2 Å². The third kappa shape index (κ3) is 6.68. The highest BCUT2D eigenvalue weighted by Gasteiger charge is 2.04. The molecule has 5 heteroatoms. The summed E-state index contributed by atoms with van der Waals surface area (Å²) in [7, 11) is 0. The van der Waals surface area contributed by atoms with E-state index in [0.29, 0.717) is 0 Å². The number of nitrogens with one attached hydrogen (secondary N) is 1. The maximum atomic E-state index is 4.19. The van der Waals surface area contributed by atoms with Gasteiger partial charge in [0.2, 0.25) is 0 Å². The summed E-state index contributed by atoms with van der Waals surface area (Å²) >= 11 is 0. The minimum Gasteiger partial charge on any atom is -0.311 e. The zero-order chi connectivity index (χ0) is 13.9. The lowest BCUT2D eigenvalue weighted by Gasteiger charge is -2.20. The molecule has 0 bridgehead atoms. The molecule has 1 aromatic heterocycles. The van der Waals surface area contributed by atoms with Crippen molar-refractivity contribution in [1.82, 2.24) is 25.2 Å². The number of aromatic nitrogens is 3. The van der Waals surface area contributed by atoms with Gasteiger partial charge in [-0.1, -0.05) is 26.0 Å². The minimum absolute atomic E-state index is 0.821. The van der Waals surface area contributed by atoms with Crippen LogP contribution in [0.3, 0.4) is 0 Å². The standard InChI is InChI=1S/C14H29N5/c1-4-7-15-12-14-13-19(17-16-14)11-10-18(8-5-2)9-6-3/h13,15H,4-12H2,1-3H3. The molecular weight excluding hydrogens is 238 g/mol. The lowest BCUT2D eigenvalue weighted by molar-refractivity contribution is 0.258. The number of hydrogen-bond donors (Lipinski definition) is 1. The fraction of sp³-hybridized carbons (Fsp3) is 0.857. The van der Waals surface area contributed by atoms with Gasteiger partial charge in [-0.3, -0.25) is 4.68 Å². The minimum atomic E-state index is 0.821. The average Bonchev–Trinajstić information content (AvgIpc) is 2.85. The van der Waals surface area contributed by atoms with Crippen LogP contribution in [0, 0.1) is 0 Å². The maximum Gasteiger partial charge on any atom is 0.0964 e. The summed E-state index contributed by atoms with van der Waals surface area (Å²) in [6.45, 7) is 12.8. The Morgan fingerprint density at radius 1 is 1.11 bits per heavy atom. The molecule has 0 spiro atoms. The average molecular weight is 267 g/mol. The van der Waals surface area contributed by atoms with E-state index in [4.69, 9.17) is 0 Å². The highest BCUT2D eigenvalue weighted by Crippen LogP contribution is 1.97. The molecule has 0 aliphatic rings. The van der Waals surface area contributed by atoms with E-state index in [9.17, 15) is 0 Å². The molecule has 110 valence electrons. The van der Waals surface area contributed by atoms with E-state index in [0.717, 1.165) is 38.3 Å². The van der Waals surface area contributed by atoms with E-state index in [1.54, 1.807) is 0 Å². The zero-order valence-electron chi connectivity index (χ0n) is 12.7. The van der Waals surface area contributed by atoms with Gasteiger partial charge in [0.1, 0.15) is 0 Å². The molecule has 0 aromatic carbocycles. The summed E-state index contributed by atoms with van der Waals surface area (Å²) in [6, 6.07) is 0. The van der Waals surface area contributed by atoms with Crippen LogP contribution in [0.5, 0.6) is 0 Å². The molecule has 0 amide bonds. The molecule has 0 aliphatic heterocycles. The monoisotopic (exact) mass is 267 g/mol. The zero-order valence-corrected chi connectivity index (χ0v) is 12.7. The molecule has 0 atom stereocenters. The van der Waals surface area contributed by atoms with E-state index >= 15 is 0 Å². The second kappa shape index (κ2) is 9.92. The van der Waals surface area contributed by atoms with Crippen LogP contribution in [-0.2, 0) is 13.1 Å². The Morgan fingerprint density at radius 2 is 1.84 bits per heavy atom. The van der Waals surface area contributed by atoms with Crippen LogP contribution >= 0.6 is 0 Å². The van der Waals surface area contributed by atoms with E-state index in [1.165, 1.54) is 25.9 Å². The summed E-state index contributed by atoms with van der Waals surface area (Å²) in [5, 5.41) is 11.7. The topological polar surface area (TPSA) is 46.0 Å². The second-order valence-corrected chi connectivity index (χ2v) is 4.99. The Bertz CT molecular complexity index is 317. The van der Waals surface area contributed by atoms with Crippen molar-refractivity contribution in [3.63, 3.8) is 0 Å². The largest absolute Gasteiger partial charge is 0.311 e. The highest BCUT2D eigenvalue weighted by molar-refractivity contribution is 4.91. The van der Waals surface area contributed by atoms with Gasteiger partial charge in [-0.25, -0.2) is 0 Å². The number of hydrogen-bond acceptors (Lipinski definition) is 4. The Hall–Kier alpha value is -0.940. The summed E-state index contributed by atoms with van der Waals surface area (Å²) in [6.07, 6.45) is 5.63. The van der Waals surface area contributed by atoms with E-state index in [2.05, 4.69) is 47.5 Å². The molecule has 19 heavy (non-hydrogen) atoms. The van der Waals surface area contributed by atoms with E-state index in [-0.39, 0.29) is 0 Å². The van der Waals surface area contributed by atoms with Gasteiger partial charge in [0.05, 0.1) is 12.2 Å². The van der Waals surface area contributed by atoms with Crippen molar-refractivity contribution in [2.24, 2.45) is 0 Å². The molecule has 0 unspecified atom stereocenters. The lowest BCUT2D eigenvalue weighted by atomic mass is 10.3. The van der Waals surface area contributed by atoms with Gasteiger partial charge in [-0.15, -0.1) is 5.10 Å². The Morgan fingerprint density at radius 3 is 2.47 bits per heavy atom. The lowest BCUT2D eigenvalue weighted by Crippen LogP contribution is -2.29. The smallest absolute Gasteiger partial charge is 0.0964 e. The Labute approximate surface area is 117 Å². The molecule has 5 nitrogen and oxygen atoms in total. The summed E-state index contributed by atoms with van der Waals surface area (Å²) in [5.74, 6) is 0. The molecule has 1 rings (SSSR count). The highest BCUT2D eigenvalue weighted by atomic mass is 15.4. The first-order valence-corrected chi connectivity index (χ1v) is 7.62. The first-order valence-electron chi connectivity index (χ1n) is 7.62. The molecule has 0 aliphatic carbocycles. The van der Waals surface area contributed by atoms with Gasteiger partial charge in [-0.2, -0.15) is 0 Å². The first kappa shape index (κ1) is 16.1. The maximum absolute atomic E-state index is 4.19. The summed E-state index contributed by atoms with van der Waals surface area (Å²) in [5.41, 5.74) is 1.03. The van der Waals surface area contributed by atoms with Gasteiger partial charge in [-0.05, 0) is 38.9 Å². The third-order valence-electron chi connectivity index (χ3n) is 3.04. The summed E-state index contributed by atoms with van der Waals surface area (Å²) in [4.78, 5) is 2.50. The van der Waals surface area contributed by atoms with Crippen LogP contribution in [0.25, 0.3) is 0 Å². The van der Waals surface area contributed by atoms with Gasteiger partial charge in [0, 0.05) is 19.3 Å². The predicted molar refractivity (Wildman–Crippen MR) is 79.0 cm³/mol. The molecule has 1 heterocycles. The molecular formula is C14H29N5. The molecule has 1 N–H and O–H groups in total. The summed E-state index contributed by atoms with van der Waals surface area (Å²) < 4.78 is 1.96. The molecule has 0 fully saturated rings. The fourth-order valence-corrected chi connectivity index (χ4v) is 2.13. The van der Waals surface area contributed by atoms with Crippen LogP contribution < -0.4 is 5.32 Å². The van der Waals surface area contributed by atoms with Crippen LogP contribution in [0.4, 0.5) is 0 Å². The van der Waals surface area contributed by atoms with Crippen LogP contribution in [0.15, 0.2) is 6.20 Å². The quantitative estimate of drug-likeness (QED) is 0.622. The van der Waals surface area contributed by atoms with Crippen LogP contribution in [0.2, 0.25) is 0 Å². The van der Waals surface area contributed by atoms with Crippen molar-refractivity contribution in [3.05, 3.63) is 11.9 Å². The van der Waals surface area contributed by atoms with Crippen molar-refractivity contribution < 1.29 is 0 Å². The van der Waals surface area contributed by atoms with Crippen molar-refractivity contribution in [1.29, 1.82) is 0 Å². The number of rotatable bonds is 11. The fourth-order valence-electron chi connectivity index (χ4n) is 2.13. The third-order valence-corrected chi connectivity index (χ3v) is 3.04. The predicted octanol–water partition coefficient (Wildman–Crippen LogP) is 1.90. The van der Waals surface area contributed by atoms with Crippen molar-refractivity contribution in [3.8, 4) is 0 Å². The first-order chi connectivity index (χ1) is 9.30. The van der Waals surface area contributed by atoms with Crippen LogP contribution in [-0.4, -0.2) is 46.1 Å². The Kier molecular flexibility index (Phi) is 8.41. The van der Waals surface area contributed by atoms with Crippen molar-refractivity contribution in [2.45, 2.75) is 53.1 Å². The van der Waals surface area contributed by atoms with Crippen LogP contribution in [0.1, 0.15) is 45.7 Å². The van der Waals surface area contributed by atoms with Crippen molar-refractivity contribution >= 4 is 0 Å². The van der Waals surface area contributed by atoms with Gasteiger partial charge in [0.25, 0.3) is 0 Å². The second-order valence-electron chi connectivity index (χ2n) is 4.99. The van der Waals surface area contributed by atoms with Gasteiger partial charge in [0.15, 0.2) is 0 Å². The van der Waals surface area contributed by atoms with Crippen molar-refractivity contribution in [2.75, 3.05) is 26.2 Å². The molecule has 0 saturated heterocycles. The molecule has 1 aromatic rings. The molecule has 0 saturated carbocycles. The molecule has 0 radical (unpaired) electrons. The SMILES string of the molecule is CCCNCc1cn(CCN(CCC)CCC)nn1. The normalized spacial score (nSPS) is 11.4. The van der Waals surface area contributed by atoms with Gasteiger partial charge >= 0.3 is 0 Å². The number of nitrogens with zero attached hydrogens (tertiary/aromatic N) is 4. The van der Waals surface area contributed by atoms with E-state index < -0.39 is 0 Å². The Balaban J connectivity index is 2.31.